The molecule has 0 heterocycles. The quantitative estimate of drug-likeness (QED) is 0.630. The van der Waals surface area contributed by atoms with Gasteiger partial charge in [-0.3, -0.25) is 0 Å². The fraction of sp³-hybridized carbons (Fsp3) is 0.400. The molecule has 1 aromatic rings. The van der Waals surface area contributed by atoms with E-state index in [0.717, 1.165) is 6.07 Å². The molecule has 1 rings (SSSR count). The maximum atomic E-state index is 12.6. The van der Waals surface area contributed by atoms with Gasteiger partial charge >= 0.3 is 114 Å². The minimum absolute atomic E-state index is 0.206. The van der Waals surface area contributed by atoms with Crippen LogP contribution in [0.3, 0.4) is 0 Å². The number of benzene rings is 1. The normalized spacial score (nSPS) is 13.8. The molecule has 0 spiro atoms. The van der Waals surface area contributed by atoms with E-state index in [9.17, 15) is 31.4 Å². The molecule has 0 saturated heterocycles. The van der Waals surface area contributed by atoms with Gasteiger partial charge in [0.15, 0.2) is 0 Å². The molecule has 1 aromatic carbocycles. The van der Waals surface area contributed by atoms with Gasteiger partial charge in [-0.15, -0.1) is 0 Å². The van der Waals surface area contributed by atoms with Crippen molar-refractivity contribution in [2.45, 2.75) is 24.9 Å². The summed E-state index contributed by atoms with van der Waals surface area (Å²) < 4.78 is 75.6. The van der Waals surface area contributed by atoms with Gasteiger partial charge in [0.25, 0.3) is 0 Å². The van der Waals surface area contributed by atoms with Crippen LogP contribution < -0.4 is 3.27 Å². The number of hydrogen-bond donors (Lipinski definition) is 1. The molecule has 0 aliphatic rings. The number of alkyl halides is 6. The van der Waals surface area contributed by atoms with Crippen molar-refractivity contribution in [2.24, 2.45) is 0 Å². The molecule has 1 N–H and O–H groups in total. The van der Waals surface area contributed by atoms with Crippen LogP contribution in [0, 0.1) is 31.6 Å². The number of aliphatic hydroxyl groups is 1. The van der Waals surface area contributed by atoms with Crippen LogP contribution in [0.15, 0.2) is 18.2 Å². The zero-order chi connectivity index (χ0) is 14.4. The number of hydrogen-bond acceptors (Lipinski definition) is 1. The average Bonchev–Trinajstić information content (AvgIpc) is 2.17. The fourth-order valence-electron chi connectivity index (χ4n) is 1.38. The molecule has 0 bridgehead atoms. The minimum atomic E-state index is -5.83. The second kappa shape index (κ2) is 4.63. The van der Waals surface area contributed by atoms with E-state index in [1.165, 1.54) is 13.0 Å². The summed E-state index contributed by atoms with van der Waals surface area (Å²) >= 11 is 0.633. The summed E-state index contributed by atoms with van der Waals surface area (Å²) in [5, 5.41) is 9.22. The van der Waals surface area contributed by atoms with Gasteiger partial charge in [-0.2, -0.15) is 0 Å². The summed E-state index contributed by atoms with van der Waals surface area (Å²) in [5.41, 5.74) is -5.80. The predicted octanol–water partition coefficient (Wildman–Crippen LogP) is 2.48. The van der Waals surface area contributed by atoms with E-state index in [4.69, 9.17) is 0 Å². The predicted molar refractivity (Wildman–Crippen MR) is 46.8 cm³/mol. The van der Waals surface area contributed by atoms with Gasteiger partial charge in [-0.25, -0.2) is 0 Å². The molecular formula is C10H7AtF6O. The van der Waals surface area contributed by atoms with Gasteiger partial charge in [0.2, 0.25) is 0 Å². The summed E-state index contributed by atoms with van der Waals surface area (Å²) in [6.07, 6.45) is -11.7. The van der Waals surface area contributed by atoms with Crippen molar-refractivity contribution in [2.75, 3.05) is 0 Å². The first-order valence-electron chi connectivity index (χ1n) is 4.53. The van der Waals surface area contributed by atoms with Crippen molar-refractivity contribution in [3.8, 4) is 0 Å². The Kier molecular flexibility index (Phi) is 4.04. The molecule has 0 atom stereocenters. The van der Waals surface area contributed by atoms with Gasteiger partial charge < -0.3 is 0 Å². The van der Waals surface area contributed by atoms with Gasteiger partial charge in [-0.1, -0.05) is 0 Å². The van der Waals surface area contributed by atoms with Gasteiger partial charge in [0.1, 0.15) is 0 Å². The van der Waals surface area contributed by atoms with Crippen LogP contribution in [0.2, 0.25) is 0 Å². The summed E-state index contributed by atoms with van der Waals surface area (Å²) in [5.74, 6) is 0. The van der Waals surface area contributed by atoms with E-state index in [0.29, 0.717) is 30.8 Å². The maximum absolute atomic E-state index is 12.6. The molecule has 0 radical (unpaired) electrons. The molecular weight excluding hydrogens is 460 g/mol. The summed E-state index contributed by atoms with van der Waals surface area (Å²) in [7, 11) is 0. The Morgan fingerprint density at radius 1 is 1.00 bits per heavy atom. The molecule has 0 aliphatic carbocycles. The van der Waals surface area contributed by atoms with Crippen LogP contribution in [0.5, 0.6) is 0 Å². The summed E-state index contributed by atoms with van der Waals surface area (Å²) in [6, 6.07) is 3.21. The van der Waals surface area contributed by atoms with Gasteiger partial charge in [0.05, 0.1) is 0 Å². The van der Waals surface area contributed by atoms with Crippen LogP contribution in [0.1, 0.15) is 11.1 Å². The Morgan fingerprint density at radius 3 is 1.83 bits per heavy atom. The van der Waals surface area contributed by atoms with E-state index < -0.39 is 23.5 Å². The van der Waals surface area contributed by atoms with Crippen LogP contribution in [-0.2, 0) is 5.60 Å². The third kappa shape index (κ3) is 2.50. The van der Waals surface area contributed by atoms with Crippen LogP contribution in [-0.4, -0.2) is 17.5 Å². The van der Waals surface area contributed by atoms with Crippen molar-refractivity contribution in [1.82, 2.24) is 0 Å². The summed E-state index contributed by atoms with van der Waals surface area (Å²) in [6.45, 7) is 1.35. The average molecular weight is 467 g/mol. The SMILES string of the molecule is Cc1ccc([At])c(C(O)(C(F)(F)F)C(F)(F)F)c1. The van der Waals surface area contributed by atoms with Crippen molar-refractivity contribution < 1.29 is 56.2 Å². The Bertz CT molecular complexity index is 437. The van der Waals surface area contributed by atoms with Crippen molar-refractivity contribution in [3.05, 3.63) is 29.3 Å². The molecule has 0 saturated carbocycles. The second-order valence-corrected chi connectivity index (χ2v) is 5.27. The van der Waals surface area contributed by atoms with Crippen LogP contribution >= 0.6 is 0 Å². The van der Waals surface area contributed by atoms with Crippen LogP contribution in [0.4, 0.5) is 26.3 Å². The molecule has 0 fully saturated rings. The van der Waals surface area contributed by atoms with Crippen molar-refractivity contribution >= 4 is 3.27 Å². The summed E-state index contributed by atoms with van der Waals surface area (Å²) in [4.78, 5) is 0. The van der Waals surface area contributed by atoms with Gasteiger partial charge in [-0.05, 0) is 0 Å². The molecule has 1 nitrogen and oxygen atoms in total. The van der Waals surface area contributed by atoms with E-state index in [1.807, 2.05) is 0 Å². The molecule has 8 heteroatoms. The first kappa shape index (κ1) is 15.7. The number of aryl methyl sites for hydroxylation is 1. The Morgan fingerprint density at radius 2 is 1.44 bits per heavy atom. The standard InChI is InChI=1S/C10H7AtF6O/c1-5-2-3-7(11)6(4-5)8(18,9(12,13)14)10(15,16)17/h2-4,18H,1H3. The molecule has 102 valence electrons. The molecule has 0 aromatic heterocycles. The van der Waals surface area contributed by atoms with E-state index >= 15 is 0 Å². The first-order valence-corrected chi connectivity index (χ1v) is 6.00. The zero-order valence-electron chi connectivity index (χ0n) is 8.83. The van der Waals surface area contributed by atoms with E-state index in [-0.39, 0.29) is 8.83 Å². The van der Waals surface area contributed by atoms with Gasteiger partial charge in [0, 0.05) is 0 Å². The molecule has 0 unspecified atom stereocenters. The second-order valence-electron chi connectivity index (χ2n) is 3.69. The topological polar surface area (TPSA) is 20.2 Å². The molecule has 18 heavy (non-hydrogen) atoms. The third-order valence-corrected chi connectivity index (χ3v) is 3.61. The fourth-order valence-corrected chi connectivity index (χ4v) is 2.37. The third-order valence-electron chi connectivity index (χ3n) is 2.33. The Labute approximate surface area is 114 Å². The molecule has 0 aliphatic heterocycles. The zero-order valence-corrected chi connectivity index (χ0v) is 11.8. The van der Waals surface area contributed by atoms with Crippen molar-refractivity contribution in [3.63, 3.8) is 0 Å². The monoisotopic (exact) mass is 467 g/mol. The van der Waals surface area contributed by atoms with E-state index in [1.54, 1.807) is 0 Å². The number of rotatable bonds is 1. The number of halogens is 6. The Hall–Kier alpha value is -0.357. The Balaban J connectivity index is 3.61. The van der Waals surface area contributed by atoms with E-state index in [2.05, 4.69) is 0 Å². The molecule has 0 amide bonds. The van der Waals surface area contributed by atoms with Crippen LogP contribution in [0.25, 0.3) is 0 Å². The van der Waals surface area contributed by atoms with Crippen molar-refractivity contribution in [1.29, 1.82) is 0 Å². The first-order chi connectivity index (χ1) is 7.91.